The second-order valence-corrected chi connectivity index (χ2v) is 15.6. The predicted molar refractivity (Wildman–Crippen MR) is 161 cm³/mol. The molecule has 0 heteroatoms. The van der Waals surface area contributed by atoms with Crippen molar-refractivity contribution in [2.45, 2.75) is 178 Å². The minimum Gasteiger partial charge on any atom is -0.0625 e. The molecule has 0 atom stereocenters. The van der Waals surface area contributed by atoms with E-state index < -0.39 is 0 Å². The van der Waals surface area contributed by atoms with Crippen molar-refractivity contribution in [2.75, 3.05) is 0 Å². The molecule has 0 radical (unpaired) electrons. The lowest BCUT2D eigenvalue weighted by Gasteiger charge is -2.37. The van der Waals surface area contributed by atoms with Gasteiger partial charge in [0.25, 0.3) is 0 Å². The quantitative estimate of drug-likeness (QED) is 0.361. The Bertz CT molecular complexity index is 455. The van der Waals surface area contributed by atoms with Gasteiger partial charge in [0.1, 0.15) is 0 Å². The van der Waals surface area contributed by atoms with Crippen LogP contribution in [0.3, 0.4) is 0 Å². The highest BCUT2D eigenvalue weighted by Crippen LogP contribution is 2.41. The topological polar surface area (TPSA) is 0 Å². The van der Waals surface area contributed by atoms with Crippen molar-refractivity contribution in [3.63, 3.8) is 0 Å². The van der Waals surface area contributed by atoms with Gasteiger partial charge in [0.2, 0.25) is 0 Å². The lowest BCUT2D eigenvalue weighted by atomic mass is 9.69. The van der Waals surface area contributed by atoms with E-state index in [0.717, 1.165) is 35.5 Å². The third-order valence-corrected chi connectivity index (χ3v) is 10.1. The van der Waals surface area contributed by atoms with Crippen LogP contribution < -0.4 is 0 Å². The monoisotopic (exact) mass is 491 g/mol. The molecule has 0 aromatic rings. The van der Waals surface area contributed by atoms with E-state index in [1.165, 1.54) is 109 Å². The largest absolute Gasteiger partial charge is 0.0625 e. The number of hydrogen-bond acceptors (Lipinski definition) is 0. The smallest absolute Gasteiger partial charge is 0.0354 e. The molecule has 0 aromatic carbocycles. The molecular formula is C35H70. The average Bonchev–Trinajstić information content (AvgIpc) is 3.30. The van der Waals surface area contributed by atoms with E-state index in [9.17, 15) is 0 Å². The van der Waals surface area contributed by atoms with Crippen LogP contribution in [0.2, 0.25) is 0 Å². The fourth-order valence-corrected chi connectivity index (χ4v) is 6.67. The Hall–Kier alpha value is 0. The summed E-state index contributed by atoms with van der Waals surface area (Å²) in [6, 6.07) is 0. The number of rotatable bonds is 2. The van der Waals surface area contributed by atoms with Crippen molar-refractivity contribution in [1.82, 2.24) is 0 Å². The summed E-state index contributed by atoms with van der Waals surface area (Å²) in [6.07, 6.45) is 25.3. The molecule has 0 aliphatic heterocycles. The first kappa shape index (κ1) is 33.0. The van der Waals surface area contributed by atoms with E-state index in [2.05, 4.69) is 69.2 Å². The van der Waals surface area contributed by atoms with Gasteiger partial charge in [0.15, 0.2) is 0 Å². The van der Waals surface area contributed by atoms with Crippen molar-refractivity contribution in [3.8, 4) is 0 Å². The summed E-state index contributed by atoms with van der Waals surface area (Å²) in [5.74, 6) is 6.02. The van der Waals surface area contributed by atoms with Crippen molar-refractivity contribution >= 4 is 0 Å². The van der Waals surface area contributed by atoms with E-state index in [-0.39, 0.29) is 0 Å². The maximum absolute atomic E-state index is 2.36. The van der Waals surface area contributed by atoms with E-state index in [1.54, 1.807) is 0 Å². The molecular weight excluding hydrogens is 420 g/mol. The van der Waals surface area contributed by atoms with Crippen LogP contribution in [-0.2, 0) is 0 Å². The molecule has 35 heavy (non-hydrogen) atoms. The molecule has 0 heterocycles. The Morgan fingerprint density at radius 2 is 0.629 bits per heavy atom. The first-order valence-corrected chi connectivity index (χ1v) is 16.3. The van der Waals surface area contributed by atoms with Crippen molar-refractivity contribution < 1.29 is 0 Å². The lowest BCUT2D eigenvalue weighted by Crippen LogP contribution is -2.26. The molecule has 0 aromatic heterocycles. The Labute approximate surface area is 224 Å². The summed E-state index contributed by atoms with van der Waals surface area (Å²) >= 11 is 0. The van der Waals surface area contributed by atoms with Crippen LogP contribution in [0.25, 0.3) is 0 Å². The third-order valence-electron chi connectivity index (χ3n) is 10.1. The summed E-state index contributed by atoms with van der Waals surface area (Å²) < 4.78 is 0. The maximum Gasteiger partial charge on any atom is -0.0354 e. The molecule has 4 aliphatic rings. The van der Waals surface area contributed by atoms with E-state index in [0.29, 0.717) is 10.8 Å². The maximum atomic E-state index is 2.36. The molecule has 4 aliphatic carbocycles. The van der Waals surface area contributed by atoms with Gasteiger partial charge in [-0.05, 0) is 72.0 Å². The zero-order valence-corrected chi connectivity index (χ0v) is 26.5. The normalized spacial score (nSPS) is 23.0. The molecule has 4 rings (SSSR count). The van der Waals surface area contributed by atoms with Gasteiger partial charge >= 0.3 is 0 Å². The molecule has 0 amide bonds. The molecule has 210 valence electrons. The van der Waals surface area contributed by atoms with E-state index >= 15 is 0 Å². The first-order valence-electron chi connectivity index (χ1n) is 16.3. The van der Waals surface area contributed by atoms with Gasteiger partial charge in [0.05, 0.1) is 0 Å². The molecule has 0 nitrogen and oxygen atoms in total. The van der Waals surface area contributed by atoms with E-state index in [1.807, 2.05) is 0 Å². The fourth-order valence-electron chi connectivity index (χ4n) is 6.67. The average molecular weight is 491 g/mol. The molecule has 0 bridgehead atoms. The summed E-state index contributed by atoms with van der Waals surface area (Å²) in [5.41, 5.74) is 1.18. The first-order chi connectivity index (χ1) is 16.3. The highest BCUT2D eigenvalue weighted by Gasteiger charge is 2.29. The minimum atomic E-state index is 0.580. The molecule has 0 unspecified atom stereocenters. The minimum absolute atomic E-state index is 0.580. The number of hydrogen-bond donors (Lipinski definition) is 0. The summed E-state index contributed by atoms with van der Waals surface area (Å²) in [6.45, 7) is 23.6. The van der Waals surface area contributed by atoms with Gasteiger partial charge in [-0.2, -0.15) is 0 Å². The van der Waals surface area contributed by atoms with Crippen molar-refractivity contribution in [1.29, 1.82) is 0 Å². The summed E-state index contributed by atoms with van der Waals surface area (Å²) in [5, 5.41) is 0. The van der Waals surface area contributed by atoms with Crippen LogP contribution in [0.1, 0.15) is 178 Å². The second kappa shape index (κ2) is 16.8. The van der Waals surface area contributed by atoms with Crippen LogP contribution in [-0.4, -0.2) is 0 Å². The van der Waals surface area contributed by atoms with Gasteiger partial charge in [-0.3, -0.25) is 0 Å². The second-order valence-electron chi connectivity index (χ2n) is 15.6. The van der Waals surface area contributed by atoms with Gasteiger partial charge in [-0.1, -0.05) is 153 Å². The van der Waals surface area contributed by atoms with Crippen LogP contribution >= 0.6 is 0 Å². The van der Waals surface area contributed by atoms with Crippen LogP contribution in [0, 0.1) is 46.3 Å². The Morgan fingerprint density at radius 1 is 0.371 bits per heavy atom. The third kappa shape index (κ3) is 14.5. The predicted octanol–water partition coefficient (Wildman–Crippen LogP) is 12.5. The van der Waals surface area contributed by atoms with Gasteiger partial charge in [-0.15, -0.1) is 0 Å². The Morgan fingerprint density at radius 3 is 0.771 bits per heavy atom. The van der Waals surface area contributed by atoms with Crippen molar-refractivity contribution in [2.24, 2.45) is 46.3 Å². The molecule has 4 saturated carbocycles. The molecule has 4 fully saturated rings. The van der Waals surface area contributed by atoms with E-state index in [4.69, 9.17) is 0 Å². The lowest BCUT2D eigenvalue weighted by molar-refractivity contribution is 0.141. The van der Waals surface area contributed by atoms with Gasteiger partial charge in [0, 0.05) is 0 Å². The van der Waals surface area contributed by atoms with Gasteiger partial charge in [-0.25, -0.2) is 0 Å². The standard InChI is InChI=1S/3C9H18.C8H16/c1-9(2,3)8-6-4-5-7-8;2*1-8(2)9-6-4-3-5-7-9;1-8(2,3)7-5-4-6-7/h8H,4-7H2,1-3H3;2*8-9H,3-7H2,1-2H3;7H,4-6H2,1-3H3. The SMILES string of the molecule is CC(C)(C)C1CCC1.CC(C)(C)C1CCCC1.CC(C)C1CCCCC1.CC(C)C1CCCCC1. The van der Waals surface area contributed by atoms with Crippen LogP contribution in [0.15, 0.2) is 0 Å². The molecule has 0 saturated heterocycles. The highest BCUT2D eigenvalue weighted by atomic mass is 14.3. The zero-order chi connectivity index (χ0) is 26.5. The summed E-state index contributed by atoms with van der Waals surface area (Å²) in [7, 11) is 0. The van der Waals surface area contributed by atoms with Crippen LogP contribution in [0.5, 0.6) is 0 Å². The fraction of sp³-hybridized carbons (Fsp3) is 1.00. The molecule has 0 N–H and O–H groups in total. The summed E-state index contributed by atoms with van der Waals surface area (Å²) in [4.78, 5) is 0. The highest BCUT2D eigenvalue weighted by molar-refractivity contribution is 4.80. The van der Waals surface area contributed by atoms with Gasteiger partial charge < -0.3 is 0 Å². The Kier molecular flexibility index (Phi) is 15.8. The van der Waals surface area contributed by atoms with Crippen LogP contribution in [0.4, 0.5) is 0 Å². The zero-order valence-electron chi connectivity index (χ0n) is 26.5. The van der Waals surface area contributed by atoms with Crippen molar-refractivity contribution in [3.05, 3.63) is 0 Å². The molecule has 0 spiro atoms. The Balaban J connectivity index is 0.000000234.